The minimum Gasteiger partial charge on any atom is -0.393 e. The molecule has 1 aromatic rings. The van der Waals surface area contributed by atoms with E-state index in [9.17, 15) is 10.2 Å². The van der Waals surface area contributed by atoms with Gasteiger partial charge >= 0.3 is 0 Å². The molecule has 1 unspecified atom stereocenters. The predicted octanol–water partition coefficient (Wildman–Crippen LogP) is 4.05. The molecule has 1 fully saturated rings. The lowest BCUT2D eigenvalue weighted by Crippen LogP contribution is -2.42. The second-order valence-corrected chi connectivity index (χ2v) is 7.52. The molecule has 0 aromatic heterocycles. The average Bonchev–Trinajstić information content (AvgIpc) is 2.48. The number of aliphatic hydroxyl groups is 2. The number of hydrogen-bond donors (Lipinski definition) is 2. The maximum Gasteiger partial charge on any atom is 0.0888 e. The van der Waals surface area contributed by atoms with Crippen LogP contribution in [0.3, 0.4) is 0 Å². The third-order valence-corrected chi connectivity index (χ3v) is 5.01. The summed E-state index contributed by atoms with van der Waals surface area (Å²) in [5.74, 6) is 0.572. The van der Waals surface area contributed by atoms with Crippen molar-refractivity contribution in [2.45, 2.75) is 69.8 Å². The van der Waals surface area contributed by atoms with E-state index in [0.717, 1.165) is 6.42 Å². The van der Waals surface area contributed by atoms with Gasteiger partial charge in [-0.25, -0.2) is 0 Å². The van der Waals surface area contributed by atoms with Gasteiger partial charge in [-0.15, -0.1) is 0 Å². The lowest BCUT2D eigenvalue weighted by molar-refractivity contribution is -0.0554. The molecule has 1 atom stereocenters. The first-order valence-electron chi connectivity index (χ1n) is 8.34. The average molecular weight is 290 g/mol. The molecule has 1 aliphatic rings. The Morgan fingerprint density at radius 1 is 1.05 bits per heavy atom. The van der Waals surface area contributed by atoms with Crippen LogP contribution in [0, 0.1) is 5.92 Å². The maximum atomic E-state index is 10.9. The molecule has 0 spiro atoms. The summed E-state index contributed by atoms with van der Waals surface area (Å²) >= 11 is 0. The highest BCUT2D eigenvalue weighted by molar-refractivity contribution is 5.24. The van der Waals surface area contributed by atoms with Gasteiger partial charge in [0.05, 0.1) is 12.2 Å². The van der Waals surface area contributed by atoms with Crippen molar-refractivity contribution in [2.75, 3.05) is 6.61 Å². The van der Waals surface area contributed by atoms with Crippen LogP contribution in [0.15, 0.2) is 30.3 Å². The molecule has 21 heavy (non-hydrogen) atoms. The van der Waals surface area contributed by atoms with Gasteiger partial charge in [0.1, 0.15) is 0 Å². The van der Waals surface area contributed by atoms with Crippen LogP contribution in [0.5, 0.6) is 0 Å². The molecule has 2 N–H and O–H groups in total. The van der Waals surface area contributed by atoms with E-state index in [1.165, 1.54) is 37.7 Å². The van der Waals surface area contributed by atoms with E-state index in [2.05, 4.69) is 26.0 Å². The zero-order valence-corrected chi connectivity index (χ0v) is 13.5. The van der Waals surface area contributed by atoms with Gasteiger partial charge in [0.25, 0.3) is 0 Å². The van der Waals surface area contributed by atoms with E-state index in [-0.39, 0.29) is 12.0 Å². The number of rotatable bonds is 6. The minimum absolute atomic E-state index is 0.132. The molecule has 2 heteroatoms. The lowest BCUT2D eigenvalue weighted by atomic mass is 9.71. The summed E-state index contributed by atoms with van der Waals surface area (Å²) in [6.07, 6.45) is 7.62. The summed E-state index contributed by atoms with van der Waals surface area (Å²) in [5.41, 5.74) is 0.134. The number of aliphatic hydroxyl groups excluding tert-OH is 1. The molecule has 1 saturated carbocycles. The van der Waals surface area contributed by atoms with E-state index in [1.54, 1.807) is 0 Å². The van der Waals surface area contributed by atoms with Crippen molar-refractivity contribution >= 4 is 0 Å². The molecule has 0 bridgehead atoms. The number of hydrogen-bond acceptors (Lipinski definition) is 2. The Morgan fingerprint density at radius 3 is 2.24 bits per heavy atom. The van der Waals surface area contributed by atoms with Crippen LogP contribution in [0.2, 0.25) is 0 Å². The number of benzene rings is 1. The van der Waals surface area contributed by atoms with Crippen molar-refractivity contribution in [1.82, 2.24) is 0 Å². The fraction of sp³-hybridized carbons (Fsp3) is 0.684. The van der Waals surface area contributed by atoms with Crippen LogP contribution in [-0.4, -0.2) is 22.4 Å². The van der Waals surface area contributed by atoms with Crippen LogP contribution in [0.25, 0.3) is 0 Å². The zero-order valence-electron chi connectivity index (χ0n) is 13.5. The Morgan fingerprint density at radius 2 is 1.67 bits per heavy atom. The molecule has 0 aliphatic heterocycles. The monoisotopic (exact) mass is 290 g/mol. The molecule has 0 saturated heterocycles. The quantitative estimate of drug-likeness (QED) is 0.830. The maximum absolute atomic E-state index is 10.9. The third kappa shape index (κ3) is 4.55. The SMILES string of the molecule is CC(C)(CC(O)(CO)CC1CCCCC1)c1ccccc1. The summed E-state index contributed by atoms with van der Waals surface area (Å²) in [7, 11) is 0. The molecule has 0 radical (unpaired) electrons. The Kier molecular flexibility index (Phi) is 5.45. The summed E-state index contributed by atoms with van der Waals surface area (Å²) in [6.45, 7) is 4.17. The van der Waals surface area contributed by atoms with E-state index >= 15 is 0 Å². The van der Waals surface area contributed by atoms with Gasteiger partial charge in [-0.1, -0.05) is 76.3 Å². The molecule has 0 heterocycles. The Hall–Kier alpha value is -0.860. The molecule has 2 nitrogen and oxygen atoms in total. The largest absolute Gasteiger partial charge is 0.393 e. The van der Waals surface area contributed by atoms with Gasteiger partial charge in [-0.2, -0.15) is 0 Å². The standard InChI is InChI=1S/C19H30O2/c1-18(2,17-11-7-4-8-12-17)14-19(21,15-20)13-16-9-5-3-6-10-16/h4,7-8,11-12,16,20-21H,3,5-6,9-10,13-15H2,1-2H3. The molecule has 118 valence electrons. The highest BCUT2D eigenvalue weighted by Gasteiger charge is 2.37. The van der Waals surface area contributed by atoms with Crippen molar-refractivity contribution in [3.05, 3.63) is 35.9 Å². The van der Waals surface area contributed by atoms with Crippen LogP contribution < -0.4 is 0 Å². The first-order valence-corrected chi connectivity index (χ1v) is 8.34. The van der Waals surface area contributed by atoms with Crippen LogP contribution in [-0.2, 0) is 5.41 Å². The van der Waals surface area contributed by atoms with Crippen molar-refractivity contribution in [2.24, 2.45) is 5.92 Å². The second kappa shape index (κ2) is 6.93. The van der Waals surface area contributed by atoms with Gasteiger partial charge in [0, 0.05) is 0 Å². The van der Waals surface area contributed by atoms with Gasteiger partial charge in [-0.05, 0) is 29.7 Å². The van der Waals surface area contributed by atoms with Crippen LogP contribution in [0.4, 0.5) is 0 Å². The van der Waals surface area contributed by atoms with E-state index in [1.807, 2.05) is 18.2 Å². The normalized spacial score (nSPS) is 20.2. The minimum atomic E-state index is -0.957. The third-order valence-electron chi connectivity index (χ3n) is 5.01. The van der Waals surface area contributed by atoms with Gasteiger partial charge in [0.15, 0.2) is 0 Å². The Balaban J connectivity index is 2.05. The Labute approximate surface area is 129 Å². The lowest BCUT2D eigenvalue weighted by Gasteiger charge is -2.38. The highest BCUT2D eigenvalue weighted by atomic mass is 16.3. The van der Waals surface area contributed by atoms with Gasteiger partial charge in [0.2, 0.25) is 0 Å². The van der Waals surface area contributed by atoms with E-state index < -0.39 is 5.60 Å². The molecular formula is C19H30O2. The van der Waals surface area contributed by atoms with Crippen molar-refractivity contribution in [3.63, 3.8) is 0 Å². The predicted molar refractivity (Wildman–Crippen MR) is 87.3 cm³/mol. The van der Waals surface area contributed by atoms with Crippen LogP contribution in [0.1, 0.15) is 64.4 Å². The van der Waals surface area contributed by atoms with E-state index in [0.29, 0.717) is 12.3 Å². The van der Waals surface area contributed by atoms with Crippen molar-refractivity contribution in [1.29, 1.82) is 0 Å². The van der Waals surface area contributed by atoms with Gasteiger partial charge in [-0.3, -0.25) is 0 Å². The van der Waals surface area contributed by atoms with Gasteiger partial charge < -0.3 is 10.2 Å². The summed E-state index contributed by atoms with van der Waals surface area (Å²) in [6, 6.07) is 10.3. The van der Waals surface area contributed by atoms with E-state index in [4.69, 9.17) is 0 Å². The molecule has 2 rings (SSSR count). The fourth-order valence-electron chi connectivity index (χ4n) is 3.94. The summed E-state index contributed by atoms with van der Waals surface area (Å²) in [5, 5.41) is 20.7. The summed E-state index contributed by atoms with van der Waals surface area (Å²) < 4.78 is 0. The molecule has 1 aliphatic carbocycles. The Bertz CT molecular complexity index is 420. The summed E-state index contributed by atoms with van der Waals surface area (Å²) in [4.78, 5) is 0. The first kappa shape index (κ1) is 16.5. The van der Waals surface area contributed by atoms with Crippen molar-refractivity contribution in [3.8, 4) is 0 Å². The molecule has 1 aromatic carbocycles. The molecule has 0 amide bonds. The smallest absolute Gasteiger partial charge is 0.0888 e. The first-order chi connectivity index (χ1) is 9.95. The topological polar surface area (TPSA) is 40.5 Å². The van der Waals surface area contributed by atoms with Crippen LogP contribution >= 0.6 is 0 Å². The van der Waals surface area contributed by atoms with Crippen molar-refractivity contribution < 1.29 is 10.2 Å². The second-order valence-electron chi connectivity index (χ2n) is 7.52. The molecular weight excluding hydrogens is 260 g/mol. The fourth-order valence-corrected chi connectivity index (χ4v) is 3.94. The zero-order chi connectivity index (χ0) is 15.3. The highest BCUT2D eigenvalue weighted by Crippen LogP contribution is 2.38.